The van der Waals surface area contributed by atoms with Crippen molar-refractivity contribution in [2.24, 2.45) is 5.73 Å². The Balaban J connectivity index is 2.09. The highest BCUT2D eigenvalue weighted by Crippen LogP contribution is 2.14. The molecule has 0 fully saturated rings. The maximum Gasteiger partial charge on any atom is 0.393 e. The zero-order chi connectivity index (χ0) is 12.3. The summed E-state index contributed by atoms with van der Waals surface area (Å²) in [5, 5.41) is 15.6. The van der Waals surface area contributed by atoms with Crippen LogP contribution in [0.4, 0.5) is 0 Å². The van der Waals surface area contributed by atoms with Crippen LogP contribution in [0.5, 0.6) is 0 Å². The lowest BCUT2D eigenvalue weighted by Crippen LogP contribution is -2.13. The minimum absolute atomic E-state index is 0.131. The molecule has 0 spiro atoms. The van der Waals surface area contributed by atoms with Crippen LogP contribution < -0.4 is 5.73 Å². The summed E-state index contributed by atoms with van der Waals surface area (Å²) >= 11 is 0. The zero-order valence-electron chi connectivity index (χ0n) is 8.91. The van der Waals surface area contributed by atoms with E-state index >= 15 is 0 Å². The summed E-state index contributed by atoms with van der Waals surface area (Å²) in [6.45, 7) is 0. The molecule has 0 aliphatic rings. The van der Waals surface area contributed by atoms with Crippen LogP contribution in [0, 0.1) is 0 Å². The molecule has 0 unspecified atom stereocenters. The second-order valence-corrected chi connectivity index (χ2v) is 3.55. The summed E-state index contributed by atoms with van der Waals surface area (Å²) in [7, 11) is 0. The number of carboxylic acid groups (broad SMARTS) is 1. The van der Waals surface area contributed by atoms with E-state index in [2.05, 4.69) is 10.2 Å². The molecule has 0 radical (unpaired) electrons. The summed E-state index contributed by atoms with van der Waals surface area (Å²) in [6.07, 6.45) is 0.516. The molecular weight excluding hydrogens is 222 g/mol. The molecule has 2 aromatic rings. The monoisotopic (exact) mass is 233 g/mol. The number of carboxylic acids is 1. The molecule has 17 heavy (non-hydrogen) atoms. The first kappa shape index (κ1) is 11.3. The number of hydrogen-bond acceptors (Lipinski definition) is 5. The van der Waals surface area contributed by atoms with Crippen LogP contribution in [-0.2, 0) is 6.42 Å². The Hall–Kier alpha value is -2.21. The summed E-state index contributed by atoms with van der Waals surface area (Å²) in [6, 6.07) is 9.06. The fourth-order valence-electron chi connectivity index (χ4n) is 1.43. The summed E-state index contributed by atoms with van der Waals surface area (Å²) in [4.78, 5) is 10.6. The largest absolute Gasteiger partial charge is 0.474 e. The molecule has 88 valence electrons. The minimum atomic E-state index is -1.25. The standard InChI is InChI=1S/C11H11N3O3/c12-8(6-7-4-2-1-3-5-7)9-13-14-10(17-9)11(15)16/h1-5,8H,6,12H2,(H,15,16)/t8-/m0/s1. The van der Waals surface area contributed by atoms with Gasteiger partial charge in [-0.2, -0.15) is 0 Å². The Kier molecular flexibility index (Phi) is 3.15. The van der Waals surface area contributed by atoms with Gasteiger partial charge in [0.25, 0.3) is 0 Å². The van der Waals surface area contributed by atoms with Gasteiger partial charge in [0, 0.05) is 0 Å². The topological polar surface area (TPSA) is 102 Å². The fraction of sp³-hybridized carbons (Fsp3) is 0.182. The molecule has 2 rings (SSSR count). The smallest absolute Gasteiger partial charge is 0.393 e. The highest BCUT2D eigenvalue weighted by Gasteiger charge is 2.18. The van der Waals surface area contributed by atoms with Crippen molar-refractivity contribution in [3.63, 3.8) is 0 Å². The lowest BCUT2D eigenvalue weighted by Gasteiger charge is -2.06. The van der Waals surface area contributed by atoms with Gasteiger partial charge < -0.3 is 15.3 Å². The van der Waals surface area contributed by atoms with Gasteiger partial charge >= 0.3 is 11.9 Å². The van der Waals surface area contributed by atoms with Gasteiger partial charge in [0.05, 0.1) is 6.04 Å². The van der Waals surface area contributed by atoms with E-state index in [-0.39, 0.29) is 5.89 Å². The van der Waals surface area contributed by atoms with E-state index < -0.39 is 17.9 Å². The van der Waals surface area contributed by atoms with E-state index in [4.69, 9.17) is 15.3 Å². The molecule has 0 bridgehead atoms. The van der Waals surface area contributed by atoms with Crippen LogP contribution in [-0.4, -0.2) is 21.3 Å². The number of carbonyl (C=O) groups is 1. The molecule has 1 heterocycles. The van der Waals surface area contributed by atoms with Gasteiger partial charge in [-0.1, -0.05) is 30.3 Å². The van der Waals surface area contributed by atoms with E-state index in [9.17, 15) is 4.79 Å². The van der Waals surface area contributed by atoms with E-state index in [1.54, 1.807) is 0 Å². The first-order valence-corrected chi connectivity index (χ1v) is 5.03. The number of benzene rings is 1. The molecule has 6 heteroatoms. The maximum atomic E-state index is 10.6. The molecule has 3 N–H and O–H groups in total. The predicted octanol–water partition coefficient (Wildman–Crippen LogP) is 1.01. The van der Waals surface area contributed by atoms with Crippen molar-refractivity contribution in [2.45, 2.75) is 12.5 Å². The third-order valence-electron chi connectivity index (χ3n) is 2.24. The van der Waals surface area contributed by atoms with Gasteiger partial charge in [0.1, 0.15) is 0 Å². The van der Waals surface area contributed by atoms with Crippen LogP contribution >= 0.6 is 0 Å². The first-order valence-electron chi connectivity index (χ1n) is 5.03. The van der Waals surface area contributed by atoms with Crippen LogP contribution in [0.3, 0.4) is 0 Å². The maximum absolute atomic E-state index is 10.6. The lowest BCUT2D eigenvalue weighted by molar-refractivity contribution is 0.0651. The van der Waals surface area contributed by atoms with Gasteiger partial charge in [-0.25, -0.2) is 4.79 Å². The Labute approximate surface area is 97.1 Å². The van der Waals surface area contributed by atoms with E-state index in [0.29, 0.717) is 6.42 Å². The Morgan fingerprint density at radius 2 is 2.06 bits per heavy atom. The first-order chi connectivity index (χ1) is 8.16. The SMILES string of the molecule is N[C@@H](Cc1ccccc1)c1nnc(C(=O)O)o1. The van der Waals surface area contributed by atoms with Crippen molar-refractivity contribution >= 4 is 5.97 Å². The quantitative estimate of drug-likeness (QED) is 0.817. The predicted molar refractivity (Wildman–Crippen MR) is 58.3 cm³/mol. The second-order valence-electron chi connectivity index (χ2n) is 3.55. The van der Waals surface area contributed by atoms with Crippen molar-refractivity contribution in [1.82, 2.24) is 10.2 Å². The van der Waals surface area contributed by atoms with Gasteiger partial charge in [0.15, 0.2) is 0 Å². The summed E-state index contributed by atoms with van der Waals surface area (Å²) in [5.74, 6) is -1.56. The molecule has 0 aliphatic carbocycles. The zero-order valence-corrected chi connectivity index (χ0v) is 8.91. The van der Waals surface area contributed by atoms with Gasteiger partial charge in [-0.3, -0.25) is 0 Å². The number of rotatable bonds is 4. The normalized spacial score (nSPS) is 12.3. The Morgan fingerprint density at radius 3 is 2.65 bits per heavy atom. The average Bonchev–Trinajstić information content (AvgIpc) is 2.79. The Morgan fingerprint density at radius 1 is 1.35 bits per heavy atom. The molecule has 0 saturated heterocycles. The number of hydrogen-bond donors (Lipinski definition) is 2. The molecule has 0 aliphatic heterocycles. The van der Waals surface area contributed by atoms with Crippen LogP contribution in [0.25, 0.3) is 0 Å². The summed E-state index contributed by atoms with van der Waals surface area (Å²) < 4.78 is 4.93. The van der Waals surface area contributed by atoms with Crippen molar-refractivity contribution < 1.29 is 14.3 Å². The molecule has 1 atom stereocenters. The molecule has 1 aromatic heterocycles. The van der Waals surface area contributed by atoms with Crippen LogP contribution in [0.2, 0.25) is 0 Å². The number of aromatic nitrogens is 2. The van der Waals surface area contributed by atoms with Crippen LogP contribution in [0.1, 0.15) is 28.2 Å². The van der Waals surface area contributed by atoms with E-state index in [1.807, 2.05) is 30.3 Å². The van der Waals surface area contributed by atoms with Crippen molar-refractivity contribution in [3.05, 3.63) is 47.7 Å². The second kappa shape index (κ2) is 4.75. The average molecular weight is 233 g/mol. The number of nitrogens with zero attached hydrogens (tertiary/aromatic N) is 2. The third kappa shape index (κ3) is 2.67. The highest BCUT2D eigenvalue weighted by molar-refractivity contribution is 5.81. The van der Waals surface area contributed by atoms with Crippen LogP contribution in [0.15, 0.2) is 34.7 Å². The fourth-order valence-corrected chi connectivity index (χ4v) is 1.43. The third-order valence-corrected chi connectivity index (χ3v) is 2.24. The van der Waals surface area contributed by atoms with Crippen molar-refractivity contribution in [3.8, 4) is 0 Å². The van der Waals surface area contributed by atoms with Crippen molar-refractivity contribution in [2.75, 3.05) is 0 Å². The highest BCUT2D eigenvalue weighted by atomic mass is 16.4. The molecule has 0 saturated carbocycles. The van der Waals surface area contributed by atoms with Gasteiger partial charge in [0.2, 0.25) is 5.89 Å². The number of aromatic carboxylic acids is 1. The summed E-state index contributed by atoms with van der Waals surface area (Å²) in [5.41, 5.74) is 6.87. The van der Waals surface area contributed by atoms with Crippen molar-refractivity contribution in [1.29, 1.82) is 0 Å². The minimum Gasteiger partial charge on any atom is -0.474 e. The Bertz CT molecular complexity index is 510. The van der Waals surface area contributed by atoms with E-state index in [1.165, 1.54) is 0 Å². The molecule has 6 nitrogen and oxygen atoms in total. The molecule has 0 amide bonds. The molecular formula is C11H11N3O3. The lowest BCUT2D eigenvalue weighted by atomic mass is 10.1. The number of nitrogens with two attached hydrogens (primary N) is 1. The van der Waals surface area contributed by atoms with Gasteiger partial charge in [-0.05, 0) is 12.0 Å². The van der Waals surface area contributed by atoms with Gasteiger partial charge in [-0.15, -0.1) is 10.2 Å². The van der Waals surface area contributed by atoms with E-state index in [0.717, 1.165) is 5.56 Å². The molecule has 1 aromatic carbocycles.